The third-order valence-corrected chi connectivity index (χ3v) is 4.71. The highest BCUT2D eigenvalue weighted by Gasteiger charge is 2.24. The first-order valence-corrected chi connectivity index (χ1v) is 7.98. The summed E-state index contributed by atoms with van der Waals surface area (Å²) in [5.74, 6) is 1.97. The molecule has 0 aromatic carbocycles. The zero-order chi connectivity index (χ0) is 14.1. The molecule has 1 fully saturated rings. The number of nitrogens with zero attached hydrogens (tertiary/aromatic N) is 2. The third kappa shape index (κ3) is 2.80. The summed E-state index contributed by atoms with van der Waals surface area (Å²) in [5, 5.41) is 0. The molecule has 0 radical (unpaired) electrons. The molecule has 0 saturated heterocycles. The Labute approximate surface area is 120 Å². The van der Waals surface area contributed by atoms with Crippen molar-refractivity contribution in [3.05, 3.63) is 27.4 Å². The normalized spacial score (nSPS) is 20.6. The Morgan fingerprint density at radius 1 is 1.35 bits per heavy atom. The van der Waals surface area contributed by atoms with Crippen LogP contribution < -0.4 is 5.56 Å². The minimum atomic E-state index is 0.0826. The van der Waals surface area contributed by atoms with Crippen molar-refractivity contribution in [1.29, 1.82) is 0 Å². The molecule has 1 aliphatic heterocycles. The smallest absolute Gasteiger partial charge is 0.254 e. The van der Waals surface area contributed by atoms with E-state index in [0.717, 1.165) is 42.5 Å². The minimum Gasteiger partial charge on any atom is -0.310 e. The van der Waals surface area contributed by atoms with E-state index in [2.05, 4.69) is 23.7 Å². The second kappa shape index (κ2) is 5.68. The lowest BCUT2D eigenvalue weighted by molar-refractivity contribution is 0.210. The molecule has 0 amide bonds. The van der Waals surface area contributed by atoms with Gasteiger partial charge in [-0.1, -0.05) is 26.7 Å². The van der Waals surface area contributed by atoms with Crippen LogP contribution in [-0.4, -0.2) is 28.0 Å². The average Bonchev–Trinajstić information content (AvgIpc) is 2.91. The Morgan fingerprint density at radius 2 is 2.10 bits per heavy atom. The van der Waals surface area contributed by atoms with Gasteiger partial charge in [-0.05, 0) is 25.2 Å². The first-order valence-electron chi connectivity index (χ1n) is 7.98. The van der Waals surface area contributed by atoms with Crippen molar-refractivity contribution in [3.63, 3.8) is 0 Å². The zero-order valence-electron chi connectivity index (χ0n) is 12.6. The molecule has 0 spiro atoms. The SMILES string of the molecule is CC(C)c1nc2c(c(=O)[nH]1)CCN(CC1CCCC1)C2. The van der Waals surface area contributed by atoms with Crippen LogP contribution in [0.5, 0.6) is 0 Å². The molecular formula is C16H25N3O. The number of fused-ring (bicyclic) bond motifs is 1. The van der Waals surface area contributed by atoms with Crippen LogP contribution in [0.2, 0.25) is 0 Å². The van der Waals surface area contributed by atoms with Crippen molar-refractivity contribution >= 4 is 0 Å². The molecule has 0 bridgehead atoms. The van der Waals surface area contributed by atoms with Crippen LogP contribution in [0.25, 0.3) is 0 Å². The number of H-pyrrole nitrogens is 1. The topological polar surface area (TPSA) is 49.0 Å². The molecule has 3 rings (SSSR count). The van der Waals surface area contributed by atoms with E-state index in [4.69, 9.17) is 4.98 Å². The summed E-state index contributed by atoms with van der Waals surface area (Å²) in [4.78, 5) is 22.3. The van der Waals surface area contributed by atoms with Gasteiger partial charge in [-0.25, -0.2) is 4.98 Å². The van der Waals surface area contributed by atoms with Gasteiger partial charge in [-0.3, -0.25) is 9.69 Å². The van der Waals surface area contributed by atoms with Crippen LogP contribution in [0.15, 0.2) is 4.79 Å². The van der Waals surface area contributed by atoms with E-state index >= 15 is 0 Å². The number of aromatic amines is 1. The molecule has 2 heterocycles. The van der Waals surface area contributed by atoms with Crippen LogP contribution in [0.1, 0.15) is 62.5 Å². The summed E-state index contributed by atoms with van der Waals surface area (Å²) in [6, 6.07) is 0. The number of rotatable bonds is 3. The van der Waals surface area contributed by atoms with Crippen LogP contribution in [0.4, 0.5) is 0 Å². The van der Waals surface area contributed by atoms with Gasteiger partial charge in [-0.15, -0.1) is 0 Å². The highest BCUT2D eigenvalue weighted by atomic mass is 16.1. The van der Waals surface area contributed by atoms with Crippen LogP contribution in [-0.2, 0) is 13.0 Å². The lowest BCUT2D eigenvalue weighted by Gasteiger charge is -2.30. The van der Waals surface area contributed by atoms with E-state index in [-0.39, 0.29) is 11.5 Å². The summed E-state index contributed by atoms with van der Waals surface area (Å²) in [6.45, 7) is 7.20. The Morgan fingerprint density at radius 3 is 2.80 bits per heavy atom. The fraction of sp³-hybridized carbons (Fsp3) is 0.750. The minimum absolute atomic E-state index is 0.0826. The summed E-state index contributed by atoms with van der Waals surface area (Å²) in [6.07, 6.45) is 6.39. The van der Waals surface area contributed by atoms with Crippen molar-refractivity contribution in [2.75, 3.05) is 13.1 Å². The monoisotopic (exact) mass is 275 g/mol. The Bertz CT molecular complexity index is 529. The highest BCUT2D eigenvalue weighted by Crippen LogP contribution is 2.27. The summed E-state index contributed by atoms with van der Waals surface area (Å²) >= 11 is 0. The summed E-state index contributed by atoms with van der Waals surface area (Å²) in [5.41, 5.74) is 2.01. The van der Waals surface area contributed by atoms with Crippen molar-refractivity contribution in [2.24, 2.45) is 5.92 Å². The van der Waals surface area contributed by atoms with Gasteiger partial charge in [0.2, 0.25) is 0 Å². The van der Waals surface area contributed by atoms with E-state index in [9.17, 15) is 4.79 Å². The van der Waals surface area contributed by atoms with Crippen molar-refractivity contribution < 1.29 is 0 Å². The first kappa shape index (κ1) is 13.8. The predicted octanol–water partition coefficient (Wildman–Crippen LogP) is 2.44. The molecule has 20 heavy (non-hydrogen) atoms. The van der Waals surface area contributed by atoms with E-state index < -0.39 is 0 Å². The molecule has 1 aliphatic carbocycles. The maximum atomic E-state index is 12.1. The second-order valence-corrected chi connectivity index (χ2v) is 6.67. The molecular weight excluding hydrogens is 250 g/mol. The average molecular weight is 275 g/mol. The van der Waals surface area contributed by atoms with Crippen LogP contribution in [0.3, 0.4) is 0 Å². The fourth-order valence-corrected chi connectivity index (χ4v) is 3.50. The Hall–Kier alpha value is -1.16. The predicted molar refractivity (Wildman–Crippen MR) is 79.9 cm³/mol. The van der Waals surface area contributed by atoms with E-state index in [1.807, 2.05) is 0 Å². The lowest BCUT2D eigenvalue weighted by atomic mass is 10.0. The maximum absolute atomic E-state index is 12.1. The molecule has 1 saturated carbocycles. The summed E-state index contributed by atoms with van der Waals surface area (Å²) in [7, 11) is 0. The Kier molecular flexibility index (Phi) is 3.92. The van der Waals surface area contributed by atoms with Crippen molar-refractivity contribution in [3.8, 4) is 0 Å². The van der Waals surface area contributed by atoms with Crippen molar-refractivity contribution in [1.82, 2.24) is 14.9 Å². The van der Waals surface area contributed by atoms with Gasteiger partial charge in [-0.2, -0.15) is 0 Å². The largest absolute Gasteiger partial charge is 0.310 e. The zero-order valence-corrected chi connectivity index (χ0v) is 12.6. The second-order valence-electron chi connectivity index (χ2n) is 6.67. The molecule has 0 atom stereocenters. The van der Waals surface area contributed by atoms with Gasteiger partial charge in [0, 0.05) is 31.1 Å². The maximum Gasteiger partial charge on any atom is 0.254 e. The van der Waals surface area contributed by atoms with Gasteiger partial charge < -0.3 is 4.98 Å². The molecule has 0 unspecified atom stereocenters. The van der Waals surface area contributed by atoms with Gasteiger partial charge in [0.15, 0.2) is 0 Å². The number of hydrogen-bond donors (Lipinski definition) is 1. The quantitative estimate of drug-likeness (QED) is 0.921. The lowest BCUT2D eigenvalue weighted by Crippen LogP contribution is -2.38. The first-order chi connectivity index (χ1) is 9.63. The van der Waals surface area contributed by atoms with E-state index in [0.29, 0.717) is 0 Å². The van der Waals surface area contributed by atoms with Gasteiger partial charge in [0.05, 0.1) is 5.69 Å². The van der Waals surface area contributed by atoms with Crippen LogP contribution >= 0.6 is 0 Å². The van der Waals surface area contributed by atoms with Crippen molar-refractivity contribution in [2.45, 2.75) is 58.4 Å². The molecule has 1 aromatic rings. The Balaban J connectivity index is 1.77. The van der Waals surface area contributed by atoms with Gasteiger partial charge >= 0.3 is 0 Å². The molecule has 110 valence electrons. The van der Waals surface area contributed by atoms with Gasteiger partial charge in [0.1, 0.15) is 5.82 Å². The highest BCUT2D eigenvalue weighted by molar-refractivity contribution is 5.21. The molecule has 4 heteroatoms. The summed E-state index contributed by atoms with van der Waals surface area (Å²) < 4.78 is 0. The van der Waals surface area contributed by atoms with Crippen LogP contribution in [0, 0.1) is 5.92 Å². The molecule has 1 aromatic heterocycles. The molecule has 4 nitrogen and oxygen atoms in total. The number of nitrogens with one attached hydrogen (secondary N) is 1. The number of aromatic nitrogens is 2. The molecule has 1 N–H and O–H groups in total. The molecule has 2 aliphatic rings. The van der Waals surface area contributed by atoms with E-state index in [1.54, 1.807) is 0 Å². The third-order valence-electron chi connectivity index (χ3n) is 4.71. The standard InChI is InChI=1S/C16H25N3O/c1-11(2)15-17-14-10-19(9-12-5-3-4-6-12)8-7-13(14)16(20)18-15/h11-12H,3-10H2,1-2H3,(H,17,18,20). The fourth-order valence-electron chi connectivity index (χ4n) is 3.50. The van der Waals surface area contributed by atoms with E-state index in [1.165, 1.54) is 32.2 Å². The van der Waals surface area contributed by atoms with Gasteiger partial charge in [0.25, 0.3) is 5.56 Å². The number of hydrogen-bond acceptors (Lipinski definition) is 3.